The molecule has 0 aromatic heterocycles. The van der Waals surface area contributed by atoms with Crippen LogP contribution in [0.5, 0.6) is 0 Å². The van der Waals surface area contributed by atoms with E-state index >= 15 is 0 Å². The standard InChI is InChI=1S/C8H13F4NO2/c1-2-13(4-3-5-14)7(15)8(11,12)6(9)10/h6,14H,2-5H2,1H3. The maximum absolute atomic E-state index is 12.6. The van der Waals surface area contributed by atoms with Gasteiger partial charge < -0.3 is 10.0 Å². The summed E-state index contributed by atoms with van der Waals surface area (Å²) in [6, 6.07) is 0. The summed E-state index contributed by atoms with van der Waals surface area (Å²) in [6.45, 7) is 0.857. The number of nitrogens with zero attached hydrogens (tertiary/aromatic N) is 1. The van der Waals surface area contributed by atoms with Gasteiger partial charge in [-0.05, 0) is 13.3 Å². The van der Waals surface area contributed by atoms with Crippen LogP contribution in [0.15, 0.2) is 0 Å². The molecule has 0 unspecified atom stereocenters. The smallest absolute Gasteiger partial charge is 0.383 e. The minimum atomic E-state index is -4.65. The molecule has 0 aliphatic carbocycles. The van der Waals surface area contributed by atoms with Crippen molar-refractivity contribution in [1.29, 1.82) is 0 Å². The zero-order chi connectivity index (χ0) is 12.1. The number of alkyl halides is 4. The molecule has 0 aromatic rings. The maximum atomic E-state index is 12.6. The van der Waals surface area contributed by atoms with Gasteiger partial charge in [-0.15, -0.1) is 0 Å². The first-order chi connectivity index (χ1) is 6.87. The molecule has 3 nitrogen and oxygen atoms in total. The van der Waals surface area contributed by atoms with Crippen LogP contribution in [0.1, 0.15) is 13.3 Å². The van der Waals surface area contributed by atoms with Gasteiger partial charge in [0.15, 0.2) is 0 Å². The Morgan fingerprint density at radius 3 is 2.33 bits per heavy atom. The lowest BCUT2D eigenvalue weighted by Crippen LogP contribution is -2.48. The average Bonchev–Trinajstić information content (AvgIpc) is 2.18. The topological polar surface area (TPSA) is 40.5 Å². The van der Waals surface area contributed by atoms with Crippen molar-refractivity contribution in [1.82, 2.24) is 4.90 Å². The first kappa shape index (κ1) is 14.2. The third kappa shape index (κ3) is 3.65. The summed E-state index contributed by atoms with van der Waals surface area (Å²) in [5.74, 6) is -6.54. The second-order valence-corrected chi connectivity index (χ2v) is 2.89. The molecule has 0 aliphatic heterocycles. The lowest BCUT2D eigenvalue weighted by atomic mass is 10.2. The third-order valence-corrected chi connectivity index (χ3v) is 1.81. The third-order valence-electron chi connectivity index (χ3n) is 1.81. The van der Waals surface area contributed by atoms with Gasteiger partial charge in [-0.1, -0.05) is 0 Å². The molecule has 0 aromatic carbocycles. The number of carbonyl (C=O) groups is 1. The summed E-state index contributed by atoms with van der Waals surface area (Å²) in [6.07, 6.45) is -3.92. The van der Waals surface area contributed by atoms with E-state index in [0.717, 1.165) is 0 Å². The Labute approximate surface area is 84.7 Å². The van der Waals surface area contributed by atoms with Gasteiger partial charge >= 0.3 is 12.3 Å². The minimum Gasteiger partial charge on any atom is -0.396 e. The van der Waals surface area contributed by atoms with Gasteiger partial charge in [0.1, 0.15) is 0 Å². The Hall–Kier alpha value is -0.850. The van der Waals surface area contributed by atoms with Gasteiger partial charge in [-0.3, -0.25) is 4.79 Å². The highest BCUT2D eigenvalue weighted by molar-refractivity contribution is 5.83. The molecular formula is C8H13F4NO2. The molecule has 0 spiro atoms. The van der Waals surface area contributed by atoms with Crippen molar-refractivity contribution in [2.75, 3.05) is 19.7 Å². The van der Waals surface area contributed by atoms with Crippen LogP contribution >= 0.6 is 0 Å². The van der Waals surface area contributed by atoms with E-state index in [0.29, 0.717) is 4.90 Å². The Bertz CT molecular complexity index is 211. The molecule has 0 aliphatic rings. The van der Waals surface area contributed by atoms with Crippen LogP contribution in [0.4, 0.5) is 17.6 Å². The predicted octanol–water partition coefficient (Wildman–Crippen LogP) is 1.12. The van der Waals surface area contributed by atoms with Gasteiger partial charge in [0.2, 0.25) is 0 Å². The molecule has 0 saturated heterocycles. The van der Waals surface area contributed by atoms with Crippen molar-refractivity contribution >= 4 is 5.91 Å². The van der Waals surface area contributed by atoms with Crippen LogP contribution in [-0.4, -0.2) is 48.0 Å². The highest BCUT2D eigenvalue weighted by atomic mass is 19.3. The van der Waals surface area contributed by atoms with Crippen LogP contribution in [0.2, 0.25) is 0 Å². The van der Waals surface area contributed by atoms with E-state index in [1.165, 1.54) is 6.92 Å². The van der Waals surface area contributed by atoms with E-state index in [4.69, 9.17) is 5.11 Å². The van der Waals surface area contributed by atoms with Crippen molar-refractivity contribution in [3.8, 4) is 0 Å². The van der Waals surface area contributed by atoms with Crippen molar-refractivity contribution in [3.63, 3.8) is 0 Å². The quantitative estimate of drug-likeness (QED) is 0.696. The summed E-state index contributed by atoms with van der Waals surface area (Å²) in [5, 5.41) is 8.43. The molecule has 1 N–H and O–H groups in total. The first-order valence-electron chi connectivity index (χ1n) is 4.44. The Morgan fingerprint density at radius 1 is 1.47 bits per heavy atom. The zero-order valence-electron chi connectivity index (χ0n) is 8.22. The van der Waals surface area contributed by atoms with E-state index in [9.17, 15) is 22.4 Å². The summed E-state index contributed by atoms with van der Waals surface area (Å²) >= 11 is 0. The lowest BCUT2D eigenvalue weighted by Gasteiger charge is -2.25. The van der Waals surface area contributed by atoms with Crippen molar-refractivity contribution < 1.29 is 27.5 Å². The van der Waals surface area contributed by atoms with Crippen molar-refractivity contribution in [3.05, 3.63) is 0 Å². The van der Waals surface area contributed by atoms with Gasteiger partial charge in [0.25, 0.3) is 5.91 Å². The van der Waals surface area contributed by atoms with Crippen LogP contribution in [0, 0.1) is 0 Å². The molecule has 1 amide bonds. The normalized spacial score (nSPS) is 11.9. The minimum absolute atomic E-state index is 0.0822. The summed E-state index contributed by atoms with van der Waals surface area (Å²) in [7, 11) is 0. The number of carbonyl (C=O) groups excluding carboxylic acids is 1. The second-order valence-electron chi connectivity index (χ2n) is 2.89. The number of amides is 1. The zero-order valence-corrected chi connectivity index (χ0v) is 8.22. The van der Waals surface area contributed by atoms with E-state index in [-0.39, 0.29) is 26.1 Å². The molecular weight excluding hydrogens is 218 g/mol. The van der Waals surface area contributed by atoms with Gasteiger partial charge in [0.05, 0.1) is 0 Å². The number of hydrogen-bond acceptors (Lipinski definition) is 2. The van der Waals surface area contributed by atoms with Gasteiger partial charge in [-0.25, -0.2) is 8.78 Å². The Morgan fingerprint density at radius 2 is 2.00 bits per heavy atom. The van der Waals surface area contributed by atoms with Crippen molar-refractivity contribution in [2.45, 2.75) is 25.7 Å². The van der Waals surface area contributed by atoms with E-state index < -0.39 is 18.3 Å². The largest absolute Gasteiger partial charge is 0.396 e. The number of hydrogen-bond donors (Lipinski definition) is 1. The fraction of sp³-hybridized carbons (Fsp3) is 0.875. The van der Waals surface area contributed by atoms with Gasteiger partial charge in [0, 0.05) is 19.7 Å². The van der Waals surface area contributed by atoms with E-state index in [2.05, 4.69) is 0 Å². The van der Waals surface area contributed by atoms with Gasteiger partial charge in [-0.2, -0.15) is 8.78 Å². The number of rotatable bonds is 6. The highest BCUT2D eigenvalue weighted by Crippen LogP contribution is 2.25. The molecule has 0 saturated carbocycles. The summed E-state index contributed by atoms with van der Waals surface area (Å²) < 4.78 is 48.9. The average molecular weight is 231 g/mol. The molecule has 0 rings (SSSR count). The first-order valence-corrected chi connectivity index (χ1v) is 4.44. The number of aliphatic hydroxyl groups excluding tert-OH is 1. The molecule has 90 valence electrons. The molecule has 0 heterocycles. The SMILES string of the molecule is CCN(CCCO)C(=O)C(F)(F)C(F)F. The summed E-state index contributed by atoms with van der Waals surface area (Å²) in [5.41, 5.74) is 0. The monoisotopic (exact) mass is 231 g/mol. The second kappa shape index (κ2) is 5.89. The molecule has 0 atom stereocenters. The van der Waals surface area contributed by atoms with Crippen LogP contribution in [0.3, 0.4) is 0 Å². The Balaban J connectivity index is 4.50. The number of aliphatic hydroxyl groups is 1. The molecule has 15 heavy (non-hydrogen) atoms. The number of halogens is 4. The molecule has 7 heteroatoms. The van der Waals surface area contributed by atoms with E-state index in [1.807, 2.05) is 0 Å². The Kier molecular flexibility index (Phi) is 5.56. The fourth-order valence-electron chi connectivity index (χ4n) is 0.969. The highest BCUT2D eigenvalue weighted by Gasteiger charge is 2.50. The lowest BCUT2D eigenvalue weighted by molar-refractivity contribution is -0.180. The predicted molar refractivity (Wildman–Crippen MR) is 44.9 cm³/mol. The van der Waals surface area contributed by atoms with Crippen LogP contribution < -0.4 is 0 Å². The van der Waals surface area contributed by atoms with Crippen molar-refractivity contribution in [2.24, 2.45) is 0 Å². The van der Waals surface area contributed by atoms with Crippen LogP contribution in [-0.2, 0) is 4.79 Å². The van der Waals surface area contributed by atoms with E-state index in [1.54, 1.807) is 0 Å². The summed E-state index contributed by atoms with van der Waals surface area (Å²) in [4.78, 5) is 11.6. The molecule has 0 radical (unpaired) electrons. The molecule has 0 fully saturated rings. The molecule has 0 bridgehead atoms. The van der Waals surface area contributed by atoms with Crippen LogP contribution in [0.25, 0.3) is 0 Å². The maximum Gasteiger partial charge on any atom is 0.383 e. The fourth-order valence-corrected chi connectivity index (χ4v) is 0.969.